The van der Waals surface area contributed by atoms with Crippen molar-refractivity contribution >= 4 is 23.6 Å². The Labute approximate surface area is 128 Å². The van der Waals surface area contributed by atoms with E-state index in [1.807, 2.05) is 0 Å². The van der Waals surface area contributed by atoms with Gasteiger partial charge in [-0.1, -0.05) is 13.8 Å². The van der Waals surface area contributed by atoms with Crippen LogP contribution in [-0.2, 0) is 4.79 Å². The summed E-state index contributed by atoms with van der Waals surface area (Å²) in [5, 5.41) is 14.4. The molecular formula is C15H21N3O4. The van der Waals surface area contributed by atoms with E-state index in [0.717, 1.165) is 0 Å². The Morgan fingerprint density at radius 2 is 1.68 bits per heavy atom. The first-order chi connectivity index (χ1) is 10.3. The number of carbonyl (C=O) groups excluding carboxylic acids is 2. The van der Waals surface area contributed by atoms with E-state index in [4.69, 9.17) is 5.73 Å². The Kier molecular flexibility index (Phi) is 5.91. The average Bonchev–Trinajstić information content (AvgIpc) is 2.49. The number of carbonyl (C=O) groups is 3. The molecule has 5 N–H and O–H groups in total. The van der Waals surface area contributed by atoms with Gasteiger partial charge >= 0.3 is 12.0 Å². The number of amides is 3. The Morgan fingerprint density at radius 3 is 2.09 bits per heavy atom. The molecule has 3 amide bonds. The molecule has 0 unspecified atom stereocenters. The molecule has 120 valence electrons. The van der Waals surface area contributed by atoms with Crippen LogP contribution in [0, 0.1) is 5.41 Å². The van der Waals surface area contributed by atoms with Gasteiger partial charge in [-0.05, 0) is 37.1 Å². The molecule has 0 saturated heterocycles. The van der Waals surface area contributed by atoms with Gasteiger partial charge < -0.3 is 21.5 Å². The molecule has 0 fully saturated rings. The van der Waals surface area contributed by atoms with Crippen LogP contribution in [-0.4, -0.2) is 29.6 Å². The summed E-state index contributed by atoms with van der Waals surface area (Å²) in [6.07, 6.45) is 0.846. The Bertz CT molecular complexity index is 550. The molecule has 0 aliphatic heterocycles. The van der Waals surface area contributed by atoms with Crippen LogP contribution in [0.3, 0.4) is 0 Å². The van der Waals surface area contributed by atoms with Crippen LogP contribution < -0.4 is 16.4 Å². The Balaban J connectivity index is 2.62. The van der Waals surface area contributed by atoms with E-state index in [-0.39, 0.29) is 6.54 Å². The predicted molar refractivity (Wildman–Crippen MR) is 82.6 cm³/mol. The zero-order valence-corrected chi connectivity index (χ0v) is 12.7. The van der Waals surface area contributed by atoms with Crippen LogP contribution in [0.2, 0.25) is 0 Å². The van der Waals surface area contributed by atoms with Crippen LogP contribution >= 0.6 is 0 Å². The third-order valence-electron chi connectivity index (χ3n) is 3.82. The van der Waals surface area contributed by atoms with E-state index >= 15 is 0 Å². The van der Waals surface area contributed by atoms with Gasteiger partial charge in [-0.3, -0.25) is 9.59 Å². The van der Waals surface area contributed by atoms with Gasteiger partial charge in [0.05, 0.1) is 5.41 Å². The number of anilines is 1. The number of carboxylic acids is 1. The van der Waals surface area contributed by atoms with Crippen LogP contribution in [0.15, 0.2) is 24.3 Å². The summed E-state index contributed by atoms with van der Waals surface area (Å²) in [4.78, 5) is 34.1. The molecule has 22 heavy (non-hydrogen) atoms. The second-order valence-corrected chi connectivity index (χ2v) is 5.04. The number of carboxylic acid groups (broad SMARTS) is 1. The van der Waals surface area contributed by atoms with E-state index < -0.39 is 23.3 Å². The lowest BCUT2D eigenvalue weighted by Crippen LogP contribution is -2.43. The van der Waals surface area contributed by atoms with E-state index in [1.165, 1.54) is 12.1 Å². The van der Waals surface area contributed by atoms with Gasteiger partial charge in [0.15, 0.2) is 0 Å². The topological polar surface area (TPSA) is 122 Å². The monoisotopic (exact) mass is 307 g/mol. The molecule has 1 aromatic carbocycles. The van der Waals surface area contributed by atoms with Crippen LogP contribution in [0.5, 0.6) is 0 Å². The summed E-state index contributed by atoms with van der Waals surface area (Å²) in [5.41, 5.74) is 4.98. The van der Waals surface area contributed by atoms with Gasteiger partial charge in [-0.15, -0.1) is 0 Å². The molecule has 0 heterocycles. The number of primary amides is 1. The molecule has 0 radical (unpaired) electrons. The molecule has 1 rings (SSSR count). The van der Waals surface area contributed by atoms with Crippen molar-refractivity contribution in [2.75, 3.05) is 11.9 Å². The van der Waals surface area contributed by atoms with E-state index in [9.17, 15) is 19.5 Å². The highest BCUT2D eigenvalue weighted by molar-refractivity contribution is 5.94. The quantitative estimate of drug-likeness (QED) is 0.613. The first-order valence-electron chi connectivity index (χ1n) is 7.02. The minimum absolute atomic E-state index is 0.0422. The van der Waals surface area contributed by atoms with Crippen LogP contribution in [0.1, 0.15) is 37.0 Å². The SMILES string of the molecule is CCC(CC)(CNC(=O)Nc1ccc(C(N)=O)cc1)C(=O)O. The number of aliphatic carboxylic acids is 1. The van der Waals surface area contributed by atoms with Crippen molar-refractivity contribution in [3.63, 3.8) is 0 Å². The maximum Gasteiger partial charge on any atom is 0.319 e. The van der Waals surface area contributed by atoms with Crippen molar-refractivity contribution in [1.82, 2.24) is 5.32 Å². The molecule has 7 heteroatoms. The first-order valence-corrected chi connectivity index (χ1v) is 7.02. The lowest BCUT2D eigenvalue weighted by molar-refractivity contribution is -0.149. The van der Waals surface area contributed by atoms with Gasteiger partial charge in [-0.25, -0.2) is 4.79 Å². The molecule has 0 saturated carbocycles. The van der Waals surface area contributed by atoms with E-state index in [1.54, 1.807) is 26.0 Å². The summed E-state index contributed by atoms with van der Waals surface area (Å²) in [6, 6.07) is 5.59. The number of nitrogens with one attached hydrogen (secondary N) is 2. The van der Waals surface area contributed by atoms with Gasteiger partial charge in [0.25, 0.3) is 0 Å². The fraction of sp³-hybridized carbons (Fsp3) is 0.400. The maximum absolute atomic E-state index is 11.8. The van der Waals surface area contributed by atoms with Gasteiger partial charge in [0.2, 0.25) is 5.91 Å². The van der Waals surface area contributed by atoms with Crippen molar-refractivity contribution < 1.29 is 19.5 Å². The number of hydrogen-bond donors (Lipinski definition) is 4. The van der Waals surface area contributed by atoms with E-state index in [0.29, 0.717) is 24.1 Å². The van der Waals surface area contributed by atoms with Gasteiger partial charge in [0.1, 0.15) is 0 Å². The molecule has 7 nitrogen and oxygen atoms in total. The molecule has 1 aromatic rings. The third-order valence-corrected chi connectivity index (χ3v) is 3.82. The van der Waals surface area contributed by atoms with Crippen LogP contribution in [0.4, 0.5) is 10.5 Å². The molecule has 0 aromatic heterocycles. The molecule has 0 spiro atoms. The highest BCUT2D eigenvalue weighted by Gasteiger charge is 2.35. The molecule has 0 atom stereocenters. The highest BCUT2D eigenvalue weighted by Crippen LogP contribution is 2.25. The second kappa shape index (κ2) is 7.44. The first kappa shape index (κ1) is 17.5. The third kappa shape index (κ3) is 4.21. The van der Waals surface area contributed by atoms with Crippen molar-refractivity contribution in [2.45, 2.75) is 26.7 Å². The number of nitrogens with two attached hydrogens (primary N) is 1. The smallest absolute Gasteiger partial charge is 0.319 e. The standard InChI is InChI=1S/C15H21N3O4/c1-3-15(4-2,13(20)21)9-17-14(22)18-11-7-5-10(6-8-11)12(16)19/h5-8H,3-4,9H2,1-2H3,(H2,16,19)(H,20,21)(H2,17,18,22). The molecule has 0 aliphatic rings. The summed E-state index contributed by atoms with van der Waals surface area (Å²) in [7, 11) is 0. The largest absolute Gasteiger partial charge is 0.481 e. The second-order valence-electron chi connectivity index (χ2n) is 5.04. The summed E-state index contributed by atoms with van der Waals surface area (Å²) in [5.74, 6) is -1.48. The summed E-state index contributed by atoms with van der Waals surface area (Å²) in [6.45, 7) is 3.60. The molecule has 0 aliphatic carbocycles. The lowest BCUT2D eigenvalue weighted by Gasteiger charge is -2.26. The zero-order valence-electron chi connectivity index (χ0n) is 12.7. The van der Waals surface area contributed by atoms with Gasteiger partial charge in [0, 0.05) is 17.8 Å². The number of rotatable bonds is 7. The zero-order chi connectivity index (χ0) is 16.8. The molecule has 0 bridgehead atoms. The fourth-order valence-electron chi connectivity index (χ4n) is 2.02. The minimum Gasteiger partial charge on any atom is -0.481 e. The van der Waals surface area contributed by atoms with Crippen molar-refractivity contribution in [3.8, 4) is 0 Å². The Morgan fingerprint density at radius 1 is 1.14 bits per heavy atom. The molecular weight excluding hydrogens is 286 g/mol. The fourth-order valence-corrected chi connectivity index (χ4v) is 2.02. The summed E-state index contributed by atoms with van der Waals surface area (Å²) >= 11 is 0. The van der Waals surface area contributed by atoms with Crippen molar-refractivity contribution in [3.05, 3.63) is 29.8 Å². The van der Waals surface area contributed by atoms with Gasteiger partial charge in [-0.2, -0.15) is 0 Å². The van der Waals surface area contributed by atoms with Crippen molar-refractivity contribution in [2.24, 2.45) is 11.1 Å². The minimum atomic E-state index is -0.965. The lowest BCUT2D eigenvalue weighted by atomic mass is 9.82. The normalized spacial score (nSPS) is 10.8. The predicted octanol–water partition coefficient (Wildman–Crippen LogP) is 1.80. The highest BCUT2D eigenvalue weighted by atomic mass is 16.4. The number of hydrogen-bond acceptors (Lipinski definition) is 3. The number of urea groups is 1. The average molecular weight is 307 g/mol. The number of benzene rings is 1. The van der Waals surface area contributed by atoms with Crippen molar-refractivity contribution in [1.29, 1.82) is 0 Å². The van der Waals surface area contributed by atoms with Crippen LogP contribution in [0.25, 0.3) is 0 Å². The van der Waals surface area contributed by atoms with E-state index in [2.05, 4.69) is 10.6 Å². The maximum atomic E-state index is 11.8. The summed E-state index contributed by atoms with van der Waals surface area (Å²) < 4.78 is 0. The Hall–Kier alpha value is -2.57.